The van der Waals surface area contributed by atoms with Crippen molar-refractivity contribution in [3.8, 4) is 0 Å². The lowest BCUT2D eigenvalue weighted by Gasteiger charge is -2.20. The lowest BCUT2D eigenvalue weighted by Crippen LogP contribution is -2.21. The van der Waals surface area contributed by atoms with E-state index in [1.165, 1.54) is 0 Å². The molecule has 0 aliphatic rings. The smallest absolute Gasteiger partial charge is 0.306 e. The number of esters is 1. The largest absolute Gasteiger partial charge is 0.463 e. The molecule has 0 N–H and O–H groups in total. The Hall–Kier alpha value is -2.34. The first-order valence-electron chi connectivity index (χ1n) is 10.7. The monoisotopic (exact) mass is 432 g/mol. The molecule has 0 amide bonds. The second kappa shape index (κ2) is 9.43. The van der Waals surface area contributed by atoms with E-state index in [1.807, 2.05) is 73.6 Å². The van der Waals surface area contributed by atoms with Crippen LogP contribution in [0.25, 0.3) is 0 Å². The number of hydrogen-bond donors (Lipinski definition) is 0. The van der Waals surface area contributed by atoms with Crippen LogP contribution in [0.4, 0.5) is 0 Å². The van der Waals surface area contributed by atoms with Crippen LogP contribution in [0.3, 0.4) is 0 Å². The maximum atomic E-state index is 12.0. The van der Waals surface area contributed by atoms with Crippen molar-refractivity contribution >= 4 is 11.8 Å². The molecule has 0 fully saturated rings. The van der Waals surface area contributed by atoms with Crippen LogP contribution >= 0.6 is 0 Å². The fourth-order valence-electron chi connectivity index (χ4n) is 2.81. The molecule has 0 bridgehead atoms. The Balaban J connectivity index is 1.93. The molecule has 2 aromatic heterocycles. The molecular formula is C25H36O6. The minimum Gasteiger partial charge on any atom is -0.463 e. The molecule has 0 spiro atoms. The molecule has 0 radical (unpaired) electrons. The average Bonchev–Trinajstić information content (AvgIpc) is 3.31. The van der Waals surface area contributed by atoms with Gasteiger partial charge in [0, 0.05) is 11.8 Å². The van der Waals surface area contributed by atoms with E-state index in [0.29, 0.717) is 18.1 Å². The Morgan fingerprint density at radius 2 is 1.29 bits per heavy atom. The van der Waals surface area contributed by atoms with Crippen molar-refractivity contribution in [2.45, 2.75) is 92.5 Å². The SMILES string of the molecule is CC(C)(C)OCc1ccc(C(C)(C)c2ccc(COC(=O)CCC(=O)C(C)(C)C)o2)o1. The third-order valence-corrected chi connectivity index (χ3v) is 4.97. The second-order valence-electron chi connectivity index (χ2n) is 10.4. The van der Waals surface area contributed by atoms with Crippen LogP contribution in [0.1, 0.15) is 91.3 Å². The fourth-order valence-corrected chi connectivity index (χ4v) is 2.81. The minimum absolute atomic E-state index is 0.0292. The minimum atomic E-state index is -0.499. The Morgan fingerprint density at radius 1 is 0.774 bits per heavy atom. The summed E-state index contributed by atoms with van der Waals surface area (Å²) >= 11 is 0. The zero-order valence-corrected chi connectivity index (χ0v) is 20.1. The summed E-state index contributed by atoms with van der Waals surface area (Å²) in [5.74, 6) is 2.39. The molecule has 0 saturated carbocycles. The predicted molar refractivity (Wildman–Crippen MR) is 118 cm³/mol. The van der Waals surface area contributed by atoms with Gasteiger partial charge in [-0.2, -0.15) is 0 Å². The van der Waals surface area contributed by atoms with Crippen LogP contribution in [0.15, 0.2) is 33.1 Å². The van der Waals surface area contributed by atoms with E-state index < -0.39 is 16.8 Å². The highest BCUT2D eigenvalue weighted by atomic mass is 16.5. The Morgan fingerprint density at radius 3 is 1.77 bits per heavy atom. The summed E-state index contributed by atoms with van der Waals surface area (Å²) in [5, 5.41) is 0. The fraction of sp³-hybridized carbons (Fsp3) is 0.600. The number of hydrogen-bond acceptors (Lipinski definition) is 6. The number of ketones is 1. The standard InChI is InChI=1S/C25H36O6/c1-23(2,3)19(26)11-14-22(27)28-15-17-9-12-20(30-17)25(7,8)21-13-10-18(31-21)16-29-24(4,5)6/h9-10,12-13H,11,14-16H2,1-8H3. The van der Waals surface area contributed by atoms with Crippen molar-refractivity contribution in [1.29, 1.82) is 0 Å². The van der Waals surface area contributed by atoms with E-state index in [1.54, 1.807) is 6.07 Å². The van der Waals surface area contributed by atoms with Gasteiger partial charge in [0.25, 0.3) is 0 Å². The zero-order valence-electron chi connectivity index (χ0n) is 20.1. The van der Waals surface area contributed by atoms with E-state index in [0.717, 1.165) is 11.5 Å². The van der Waals surface area contributed by atoms with Crippen LogP contribution in [-0.4, -0.2) is 17.4 Å². The topological polar surface area (TPSA) is 78.9 Å². The van der Waals surface area contributed by atoms with Crippen LogP contribution < -0.4 is 0 Å². The summed E-state index contributed by atoms with van der Waals surface area (Å²) in [6.07, 6.45) is 0.249. The molecule has 0 aliphatic carbocycles. The van der Waals surface area contributed by atoms with Gasteiger partial charge >= 0.3 is 5.97 Å². The first kappa shape index (κ1) is 24.9. The molecule has 0 saturated heterocycles. The van der Waals surface area contributed by atoms with Crippen molar-refractivity contribution < 1.29 is 27.9 Å². The number of carbonyl (C=O) groups excluding carboxylic acids is 2. The Labute approximate surface area is 185 Å². The normalized spacial score (nSPS) is 12.8. The van der Waals surface area contributed by atoms with Crippen molar-refractivity contribution in [2.75, 3.05) is 0 Å². The number of Topliss-reactive ketones (excluding diaryl/α,β-unsaturated/α-hetero) is 1. The highest BCUT2D eigenvalue weighted by Gasteiger charge is 2.31. The average molecular weight is 433 g/mol. The zero-order chi connectivity index (χ0) is 23.4. The molecule has 2 aromatic rings. The maximum Gasteiger partial charge on any atom is 0.306 e. The van der Waals surface area contributed by atoms with Crippen molar-refractivity contribution in [1.82, 2.24) is 0 Å². The van der Waals surface area contributed by atoms with Crippen LogP contribution in [0.2, 0.25) is 0 Å². The molecular weight excluding hydrogens is 396 g/mol. The third kappa shape index (κ3) is 7.39. The number of carbonyl (C=O) groups is 2. The van der Waals surface area contributed by atoms with E-state index in [2.05, 4.69) is 0 Å². The van der Waals surface area contributed by atoms with Gasteiger partial charge < -0.3 is 18.3 Å². The quantitative estimate of drug-likeness (QED) is 0.455. The first-order valence-corrected chi connectivity index (χ1v) is 10.7. The van der Waals surface area contributed by atoms with Gasteiger partial charge in [-0.25, -0.2) is 0 Å². The highest BCUT2D eigenvalue weighted by molar-refractivity contribution is 5.86. The number of ether oxygens (including phenoxy) is 2. The molecule has 31 heavy (non-hydrogen) atoms. The molecule has 2 heterocycles. The van der Waals surface area contributed by atoms with Crippen LogP contribution in [0.5, 0.6) is 0 Å². The second-order valence-corrected chi connectivity index (χ2v) is 10.4. The van der Waals surface area contributed by atoms with E-state index in [-0.39, 0.29) is 30.8 Å². The summed E-state index contributed by atoms with van der Waals surface area (Å²) in [4.78, 5) is 23.9. The van der Waals surface area contributed by atoms with Crippen molar-refractivity contribution in [2.24, 2.45) is 5.41 Å². The number of furan rings is 2. The van der Waals surface area contributed by atoms with Gasteiger partial charge in [-0.05, 0) is 58.9 Å². The third-order valence-electron chi connectivity index (χ3n) is 4.97. The molecule has 2 rings (SSSR count). The first-order chi connectivity index (χ1) is 14.2. The van der Waals surface area contributed by atoms with Gasteiger partial charge in [-0.15, -0.1) is 0 Å². The molecule has 0 aliphatic heterocycles. The van der Waals surface area contributed by atoms with Crippen LogP contribution in [0, 0.1) is 5.41 Å². The van der Waals surface area contributed by atoms with Crippen molar-refractivity contribution in [3.63, 3.8) is 0 Å². The molecule has 6 heteroatoms. The van der Waals surface area contributed by atoms with Gasteiger partial charge in [-0.3, -0.25) is 9.59 Å². The summed E-state index contributed by atoms with van der Waals surface area (Å²) < 4.78 is 22.9. The summed E-state index contributed by atoms with van der Waals surface area (Å²) in [6.45, 7) is 16.0. The molecule has 0 aromatic carbocycles. The van der Waals surface area contributed by atoms with Gasteiger partial charge in [0.15, 0.2) is 0 Å². The van der Waals surface area contributed by atoms with Gasteiger partial charge in [0.05, 0.1) is 17.4 Å². The Kier molecular flexibility index (Phi) is 7.58. The Bertz CT molecular complexity index is 886. The summed E-state index contributed by atoms with van der Waals surface area (Å²) in [5.41, 5.74) is -1.19. The van der Waals surface area contributed by atoms with E-state index in [4.69, 9.17) is 18.3 Å². The summed E-state index contributed by atoms with van der Waals surface area (Å²) in [6, 6.07) is 7.49. The molecule has 172 valence electrons. The molecule has 0 atom stereocenters. The van der Waals surface area contributed by atoms with Crippen LogP contribution in [-0.2, 0) is 37.7 Å². The predicted octanol–water partition coefficient (Wildman–Crippen LogP) is 5.95. The molecule has 6 nitrogen and oxygen atoms in total. The van der Waals surface area contributed by atoms with E-state index >= 15 is 0 Å². The maximum absolute atomic E-state index is 12.0. The summed E-state index contributed by atoms with van der Waals surface area (Å²) in [7, 11) is 0. The van der Waals surface area contributed by atoms with Gasteiger partial charge in [0.1, 0.15) is 42.0 Å². The lowest BCUT2D eigenvalue weighted by atomic mass is 9.87. The molecule has 0 unspecified atom stereocenters. The van der Waals surface area contributed by atoms with Gasteiger partial charge in [0.2, 0.25) is 0 Å². The van der Waals surface area contributed by atoms with Gasteiger partial charge in [-0.1, -0.05) is 20.8 Å². The number of rotatable bonds is 9. The lowest BCUT2D eigenvalue weighted by molar-refractivity contribution is -0.147. The van der Waals surface area contributed by atoms with E-state index in [9.17, 15) is 9.59 Å². The highest BCUT2D eigenvalue weighted by Crippen LogP contribution is 2.34. The van der Waals surface area contributed by atoms with Crippen molar-refractivity contribution in [3.05, 3.63) is 47.3 Å².